The number of piperidine rings is 1. The van der Waals surface area contributed by atoms with Gasteiger partial charge in [-0.15, -0.1) is 0 Å². The molecule has 0 aliphatic carbocycles. The highest BCUT2D eigenvalue weighted by Crippen LogP contribution is 2.20. The molecule has 104 valence electrons. The predicted molar refractivity (Wildman–Crippen MR) is 81.5 cm³/mol. The Morgan fingerprint density at radius 2 is 2.11 bits per heavy atom. The summed E-state index contributed by atoms with van der Waals surface area (Å²) in [4.78, 5) is 13.4. The number of anilines is 1. The van der Waals surface area contributed by atoms with Crippen LogP contribution in [0.2, 0.25) is 0 Å². The Balaban J connectivity index is 1.85. The Kier molecular flexibility index (Phi) is 4.99. The van der Waals surface area contributed by atoms with Gasteiger partial charge in [-0.3, -0.25) is 4.79 Å². The fourth-order valence-electron chi connectivity index (χ4n) is 2.45. The van der Waals surface area contributed by atoms with Crippen molar-refractivity contribution in [2.75, 3.05) is 25.0 Å². The average Bonchev–Trinajstić information content (AvgIpc) is 2.37. The van der Waals surface area contributed by atoms with Gasteiger partial charge in [0.2, 0.25) is 0 Å². The van der Waals surface area contributed by atoms with Crippen molar-refractivity contribution >= 4 is 27.5 Å². The van der Waals surface area contributed by atoms with E-state index < -0.39 is 0 Å². The molecule has 0 unspecified atom stereocenters. The number of benzene rings is 1. The van der Waals surface area contributed by atoms with E-state index in [1.54, 1.807) is 0 Å². The van der Waals surface area contributed by atoms with Crippen LogP contribution in [0.15, 0.2) is 22.7 Å². The summed E-state index contributed by atoms with van der Waals surface area (Å²) in [6, 6.07) is 5.92. The monoisotopic (exact) mass is 325 g/mol. The number of likely N-dealkylation sites (tertiary alicyclic amines) is 1. The summed E-state index contributed by atoms with van der Waals surface area (Å²) in [6.07, 6.45) is 2.47. The van der Waals surface area contributed by atoms with Crippen LogP contribution < -0.4 is 10.2 Å². The van der Waals surface area contributed by atoms with Crippen molar-refractivity contribution < 1.29 is 9.69 Å². The zero-order valence-corrected chi connectivity index (χ0v) is 13.2. The van der Waals surface area contributed by atoms with Crippen molar-refractivity contribution in [3.8, 4) is 0 Å². The van der Waals surface area contributed by atoms with Crippen LogP contribution in [0, 0.1) is 12.8 Å². The van der Waals surface area contributed by atoms with E-state index >= 15 is 0 Å². The van der Waals surface area contributed by atoms with E-state index in [0.717, 1.165) is 29.2 Å². The zero-order valence-electron chi connectivity index (χ0n) is 11.6. The van der Waals surface area contributed by atoms with E-state index in [1.165, 1.54) is 23.3 Å². The number of hydrogen-bond donors (Lipinski definition) is 2. The van der Waals surface area contributed by atoms with E-state index in [1.807, 2.05) is 25.1 Å². The molecule has 1 aromatic carbocycles. The molecule has 0 radical (unpaired) electrons. The lowest BCUT2D eigenvalue weighted by Crippen LogP contribution is -3.14. The first kappa shape index (κ1) is 14.5. The van der Waals surface area contributed by atoms with Crippen LogP contribution in [-0.2, 0) is 4.79 Å². The molecule has 0 saturated carbocycles. The second-order valence-corrected chi connectivity index (χ2v) is 6.48. The van der Waals surface area contributed by atoms with Gasteiger partial charge in [0.25, 0.3) is 5.91 Å². The SMILES string of the molecule is Cc1ccc(NC(=O)C[NH+]2CCC(C)CC2)cc1Br. The minimum absolute atomic E-state index is 0.111. The summed E-state index contributed by atoms with van der Waals surface area (Å²) >= 11 is 3.48. The number of halogens is 1. The third kappa shape index (κ3) is 4.32. The summed E-state index contributed by atoms with van der Waals surface area (Å²) in [6.45, 7) is 7.14. The number of nitrogens with one attached hydrogen (secondary N) is 2. The molecule has 3 nitrogen and oxygen atoms in total. The molecule has 1 aliphatic rings. The molecule has 0 bridgehead atoms. The highest BCUT2D eigenvalue weighted by Gasteiger charge is 2.21. The molecule has 1 saturated heterocycles. The Morgan fingerprint density at radius 1 is 1.42 bits per heavy atom. The molecular weight excluding hydrogens is 304 g/mol. The first-order valence-corrected chi connectivity index (χ1v) is 7.73. The van der Waals surface area contributed by atoms with Crippen molar-refractivity contribution in [3.63, 3.8) is 0 Å². The van der Waals surface area contributed by atoms with E-state index in [4.69, 9.17) is 0 Å². The Hall–Kier alpha value is -0.870. The summed E-state index contributed by atoms with van der Waals surface area (Å²) in [7, 11) is 0. The number of carbonyl (C=O) groups excluding carboxylic acids is 1. The minimum Gasteiger partial charge on any atom is -0.327 e. The van der Waals surface area contributed by atoms with Gasteiger partial charge in [-0.25, -0.2) is 0 Å². The normalized spacial score (nSPS) is 23.1. The highest BCUT2D eigenvalue weighted by atomic mass is 79.9. The molecule has 1 aliphatic heterocycles. The van der Waals surface area contributed by atoms with Crippen molar-refractivity contribution in [1.29, 1.82) is 0 Å². The van der Waals surface area contributed by atoms with Crippen LogP contribution in [0.5, 0.6) is 0 Å². The summed E-state index contributed by atoms with van der Waals surface area (Å²) < 4.78 is 1.03. The van der Waals surface area contributed by atoms with Gasteiger partial charge in [0, 0.05) is 10.2 Å². The molecule has 4 heteroatoms. The van der Waals surface area contributed by atoms with Crippen LogP contribution in [0.3, 0.4) is 0 Å². The number of quaternary nitrogens is 1. The maximum absolute atomic E-state index is 12.0. The molecule has 0 atom stereocenters. The largest absolute Gasteiger partial charge is 0.327 e. The van der Waals surface area contributed by atoms with Gasteiger partial charge < -0.3 is 10.2 Å². The number of carbonyl (C=O) groups is 1. The molecule has 0 aromatic heterocycles. The van der Waals surface area contributed by atoms with Gasteiger partial charge in [0.05, 0.1) is 13.1 Å². The second kappa shape index (κ2) is 6.53. The fraction of sp³-hybridized carbons (Fsp3) is 0.533. The van der Waals surface area contributed by atoms with E-state index in [2.05, 4.69) is 28.2 Å². The Morgan fingerprint density at radius 3 is 2.74 bits per heavy atom. The molecule has 1 aromatic rings. The van der Waals surface area contributed by atoms with Crippen LogP contribution in [0.25, 0.3) is 0 Å². The first-order chi connectivity index (χ1) is 9.04. The van der Waals surface area contributed by atoms with Crippen LogP contribution in [0.1, 0.15) is 25.3 Å². The van der Waals surface area contributed by atoms with Crippen molar-refractivity contribution in [3.05, 3.63) is 28.2 Å². The van der Waals surface area contributed by atoms with Crippen LogP contribution in [0.4, 0.5) is 5.69 Å². The Labute approximate surface area is 123 Å². The molecule has 1 amide bonds. The second-order valence-electron chi connectivity index (χ2n) is 5.62. The predicted octanol–water partition coefficient (Wildman–Crippen LogP) is 2.01. The fourth-order valence-corrected chi connectivity index (χ4v) is 2.83. The van der Waals surface area contributed by atoms with E-state index in [-0.39, 0.29) is 5.91 Å². The number of amides is 1. The average molecular weight is 326 g/mol. The molecular formula is C15H22BrN2O+. The lowest BCUT2D eigenvalue weighted by atomic mass is 9.99. The number of rotatable bonds is 3. The lowest BCUT2D eigenvalue weighted by molar-refractivity contribution is -0.897. The Bertz CT molecular complexity index is 453. The van der Waals surface area contributed by atoms with Gasteiger partial charge in [-0.1, -0.05) is 28.9 Å². The van der Waals surface area contributed by atoms with E-state index in [0.29, 0.717) is 6.54 Å². The van der Waals surface area contributed by atoms with Crippen molar-refractivity contribution in [1.82, 2.24) is 0 Å². The maximum atomic E-state index is 12.0. The zero-order chi connectivity index (χ0) is 13.8. The van der Waals surface area contributed by atoms with Gasteiger partial charge >= 0.3 is 0 Å². The summed E-state index contributed by atoms with van der Waals surface area (Å²) in [5, 5.41) is 2.98. The van der Waals surface area contributed by atoms with Gasteiger partial charge in [0.1, 0.15) is 0 Å². The molecule has 0 spiro atoms. The number of hydrogen-bond acceptors (Lipinski definition) is 1. The number of aryl methyl sites for hydroxylation is 1. The van der Waals surface area contributed by atoms with Crippen LogP contribution >= 0.6 is 15.9 Å². The standard InChI is InChI=1S/C15H21BrN2O/c1-11-5-7-18(8-6-11)10-15(19)17-13-4-3-12(2)14(16)9-13/h3-4,9,11H,5-8,10H2,1-2H3,(H,17,19)/p+1. The van der Waals surface area contributed by atoms with Crippen molar-refractivity contribution in [2.24, 2.45) is 5.92 Å². The van der Waals surface area contributed by atoms with E-state index in [9.17, 15) is 4.79 Å². The molecule has 2 N–H and O–H groups in total. The maximum Gasteiger partial charge on any atom is 0.279 e. The highest BCUT2D eigenvalue weighted by molar-refractivity contribution is 9.10. The van der Waals surface area contributed by atoms with Crippen molar-refractivity contribution in [2.45, 2.75) is 26.7 Å². The van der Waals surface area contributed by atoms with Gasteiger partial charge in [-0.05, 0) is 43.4 Å². The lowest BCUT2D eigenvalue weighted by Gasteiger charge is -2.26. The van der Waals surface area contributed by atoms with Crippen LogP contribution in [-0.4, -0.2) is 25.5 Å². The smallest absolute Gasteiger partial charge is 0.279 e. The van der Waals surface area contributed by atoms with Gasteiger partial charge in [0.15, 0.2) is 6.54 Å². The third-order valence-electron chi connectivity index (χ3n) is 3.85. The molecule has 1 heterocycles. The first-order valence-electron chi connectivity index (χ1n) is 6.94. The quantitative estimate of drug-likeness (QED) is 0.875. The summed E-state index contributed by atoms with van der Waals surface area (Å²) in [5.74, 6) is 0.931. The molecule has 1 fully saturated rings. The third-order valence-corrected chi connectivity index (χ3v) is 4.70. The van der Waals surface area contributed by atoms with Gasteiger partial charge in [-0.2, -0.15) is 0 Å². The molecule has 2 rings (SSSR count). The minimum atomic E-state index is 0.111. The summed E-state index contributed by atoms with van der Waals surface area (Å²) in [5.41, 5.74) is 2.04. The topological polar surface area (TPSA) is 33.5 Å². The molecule has 19 heavy (non-hydrogen) atoms.